The predicted molar refractivity (Wildman–Crippen MR) is 131 cm³/mol. The highest BCUT2D eigenvalue weighted by molar-refractivity contribution is 9.10. The van der Waals surface area contributed by atoms with E-state index in [1.165, 1.54) is 0 Å². The molecule has 4 heterocycles. The van der Waals surface area contributed by atoms with Crippen molar-refractivity contribution in [3.63, 3.8) is 0 Å². The fraction of sp³-hybridized carbons (Fsp3) is 0.333. The van der Waals surface area contributed by atoms with Crippen molar-refractivity contribution in [2.24, 2.45) is 0 Å². The van der Waals surface area contributed by atoms with Crippen molar-refractivity contribution in [1.82, 2.24) is 24.5 Å². The minimum absolute atomic E-state index is 0.0356. The first-order valence-electron chi connectivity index (χ1n) is 11.2. The molecule has 10 heteroatoms. The quantitative estimate of drug-likeness (QED) is 0.428. The molecule has 9 nitrogen and oxygen atoms in total. The maximum atomic E-state index is 13.2. The number of likely N-dealkylation sites (tertiary alicyclic amines) is 1. The monoisotopic (exact) mass is 522 g/mol. The van der Waals surface area contributed by atoms with Gasteiger partial charge in [0.1, 0.15) is 11.8 Å². The highest BCUT2D eigenvalue weighted by Gasteiger charge is 2.42. The standard InChI is InChI=1S/C24H23BrN6O3/c1-13(23(32)30-11-17-10-15(30)12-34-17)26-24-27-20-18(4-3-5-19(20)25)22-28-21(29-31(22)24)14-6-8-16(33-2)9-7-14/h3-9,13,15,17H,10-12H2,1-2H3,(H,26,27)/t13-,15-,17-/m1/s1. The van der Waals surface area contributed by atoms with Crippen molar-refractivity contribution in [3.8, 4) is 17.1 Å². The van der Waals surface area contributed by atoms with E-state index in [0.717, 1.165) is 33.1 Å². The Morgan fingerprint density at radius 3 is 2.76 bits per heavy atom. The zero-order valence-electron chi connectivity index (χ0n) is 18.7. The second kappa shape index (κ2) is 8.21. The minimum atomic E-state index is -0.483. The Morgan fingerprint density at radius 1 is 1.24 bits per heavy atom. The number of nitrogens with one attached hydrogen (secondary N) is 1. The van der Waals surface area contributed by atoms with Crippen LogP contribution in [0.2, 0.25) is 0 Å². The molecule has 0 radical (unpaired) electrons. The first-order valence-corrected chi connectivity index (χ1v) is 12.0. The number of para-hydroxylation sites is 1. The molecular weight excluding hydrogens is 500 g/mol. The summed E-state index contributed by atoms with van der Waals surface area (Å²) in [4.78, 5) is 24.8. The van der Waals surface area contributed by atoms with Gasteiger partial charge in [-0.25, -0.2) is 9.97 Å². The zero-order chi connectivity index (χ0) is 23.4. The van der Waals surface area contributed by atoms with Crippen LogP contribution in [0, 0.1) is 0 Å². The van der Waals surface area contributed by atoms with E-state index in [2.05, 4.69) is 21.2 Å². The molecule has 6 rings (SSSR count). The fourth-order valence-corrected chi connectivity index (χ4v) is 5.18. The summed E-state index contributed by atoms with van der Waals surface area (Å²) in [5.74, 6) is 1.82. The molecule has 2 bridgehead atoms. The summed E-state index contributed by atoms with van der Waals surface area (Å²) in [6, 6.07) is 13.1. The molecule has 0 spiro atoms. The van der Waals surface area contributed by atoms with E-state index in [1.54, 1.807) is 11.6 Å². The van der Waals surface area contributed by atoms with Crippen LogP contribution < -0.4 is 10.1 Å². The molecule has 0 saturated carbocycles. The van der Waals surface area contributed by atoms with Crippen LogP contribution >= 0.6 is 15.9 Å². The van der Waals surface area contributed by atoms with E-state index in [1.807, 2.05) is 54.3 Å². The predicted octanol–water partition coefficient (Wildman–Crippen LogP) is 3.52. The molecule has 2 aliphatic heterocycles. The molecule has 1 amide bonds. The zero-order valence-corrected chi connectivity index (χ0v) is 20.3. The van der Waals surface area contributed by atoms with E-state index in [4.69, 9.17) is 24.5 Å². The summed E-state index contributed by atoms with van der Waals surface area (Å²) >= 11 is 3.60. The van der Waals surface area contributed by atoms with Gasteiger partial charge in [0.25, 0.3) is 0 Å². The number of anilines is 1. The van der Waals surface area contributed by atoms with Crippen molar-refractivity contribution in [1.29, 1.82) is 0 Å². The van der Waals surface area contributed by atoms with Crippen molar-refractivity contribution in [2.45, 2.75) is 31.5 Å². The largest absolute Gasteiger partial charge is 0.497 e. The number of hydrogen-bond acceptors (Lipinski definition) is 7. The summed E-state index contributed by atoms with van der Waals surface area (Å²) < 4.78 is 13.4. The summed E-state index contributed by atoms with van der Waals surface area (Å²) in [6.07, 6.45) is 1.07. The number of nitrogens with zero attached hydrogens (tertiary/aromatic N) is 5. The Bertz CT molecular complexity index is 1410. The van der Waals surface area contributed by atoms with Gasteiger partial charge in [0, 0.05) is 22.0 Å². The minimum Gasteiger partial charge on any atom is -0.497 e. The number of morpholine rings is 1. The Balaban J connectivity index is 1.41. The normalized spacial score (nSPS) is 20.3. The lowest BCUT2D eigenvalue weighted by atomic mass is 10.2. The molecular formula is C24H23BrN6O3. The average molecular weight is 523 g/mol. The first kappa shape index (κ1) is 21.3. The van der Waals surface area contributed by atoms with E-state index in [9.17, 15) is 4.79 Å². The number of carbonyl (C=O) groups is 1. The van der Waals surface area contributed by atoms with Crippen LogP contribution in [-0.2, 0) is 9.53 Å². The number of ether oxygens (including phenoxy) is 2. The second-order valence-electron chi connectivity index (χ2n) is 8.67. The van der Waals surface area contributed by atoms with Gasteiger partial charge in [0.15, 0.2) is 11.5 Å². The third-order valence-corrected chi connectivity index (χ3v) is 7.14. The topological polar surface area (TPSA) is 93.9 Å². The molecule has 174 valence electrons. The molecule has 3 atom stereocenters. The summed E-state index contributed by atoms with van der Waals surface area (Å²) in [5.41, 5.74) is 2.27. The highest BCUT2D eigenvalue weighted by Crippen LogP contribution is 2.31. The van der Waals surface area contributed by atoms with Crippen LogP contribution in [0.25, 0.3) is 27.9 Å². The maximum Gasteiger partial charge on any atom is 0.245 e. The Labute approximate surface area is 204 Å². The third kappa shape index (κ3) is 3.48. The number of carbonyl (C=O) groups excluding carboxylic acids is 1. The fourth-order valence-electron chi connectivity index (χ4n) is 4.73. The van der Waals surface area contributed by atoms with Gasteiger partial charge < -0.3 is 19.7 Å². The molecule has 2 saturated heterocycles. The van der Waals surface area contributed by atoms with E-state index in [-0.39, 0.29) is 18.1 Å². The Kier molecular flexibility index (Phi) is 5.14. The Hall–Kier alpha value is -3.24. The third-order valence-electron chi connectivity index (χ3n) is 6.50. The molecule has 1 N–H and O–H groups in total. The van der Waals surface area contributed by atoms with Crippen LogP contribution in [0.1, 0.15) is 13.3 Å². The van der Waals surface area contributed by atoms with E-state index < -0.39 is 6.04 Å². The van der Waals surface area contributed by atoms with E-state index >= 15 is 0 Å². The molecule has 0 unspecified atom stereocenters. The van der Waals surface area contributed by atoms with Gasteiger partial charge >= 0.3 is 0 Å². The summed E-state index contributed by atoms with van der Waals surface area (Å²) in [6.45, 7) is 3.11. The van der Waals surface area contributed by atoms with Crippen LogP contribution in [0.5, 0.6) is 5.75 Å². The summed E-state index contributed by atoms with van der Waals surface area (Å²) in [7, 11) is 1.63. The number of halogens is 1. The van der Waals surface area contributed by atoms with Crippen LogP contribution in [0.15, 0.2) is 46.9 Å². The van der Waals surface area contributed by atoms with Crippen molar-refractivity contribution in [3.05, 3.63) is 46.9 Å². The number of amides is 1. The molecule has 4 aromatic rings. The number of fused-ring (bicyclic) bond motifs is 5. The molecule has 2 aromatic heterocycles. The van der Waals surface area contributed by atoms with Crippen LogP contribution in [0.3, 0.4) is 0 Å². The van der Waals surface area contributed by atoms with Gasteiger partial charge in [-0.1, -0.05) is 6.07 Å². The van der Waals surface area contributed by atoms with Gasteiger partial charge in [-0.05, 0) is 65.7 Å². The lowest BCUT2D eigenvalue weighted by Crippen LogP contribution is -2.47. The lowest BCUT2D eigenvalue weighted by Gasteiger charge is -2.29. The SMILES string of the molecule is COc1ccc(-c2nc3c4cccc(Br)c4nc(N[C@H](C)C(=O)N4C[C@H]5C[C@@H]4CO5)n3n2)cc1. The molecule has 2 fully saturated rings. The lowest BCUT2D eigenvalue weighted by molar-refractivity contribution is -0.136. The number of aromatic nitrogens is 4. The molecule has 2 aliphatic rings. The Morgan fingerprint density at radius 2 is 2.06 bits per heavy atom. The van der Waals surface area contributed by atoms with Crippen molar-refractivity contribution < 1.29 is 14.3 Å². The first-order chi connectivity index (χ1) is 16.5. The van der Waals surface area contributed by atoms with Crippen LogP contribution in [-0.4, -0.2) is 68.8 Å². The van der Waals surface area contributed by atoms with Crippen LogP contribution in [0.4, 0.5) is 5.95 Å². The maximum absolute atomic E-state index is 13.2. The smallest absolute Gasteiger partial charge is 0.245 e. The number of benzene rings is 2. The molecule has 2 aromatic carbocycles. The van der Waals surface area contributed by atoms with Crippen molar-refractivity contribution in [2.75, 3.05) is 25.6 Å². The van der Waals surface area contributed by atoms with Gasteiger partial charge in [-0.3, -0.25) is 4.79 Å². The molecule has 34 heavy (non-hydrogen) atoms. The van der Waals surface area contributed by atoms with Gasteiger partial charge in [-0.2, -0.15) is 4.52 Å². The highest BCUT2D eigenvalue weighted by atomic mass is 79.9. The van der Waals surface area contributed by atoms with Gasteiger partial charge in [0.05, 0.1) is 31.4 Å². The molecule has 0 aliphatic carbocycles. The van der Waals surface area contributed by atoms with Gasteiger partial charge in [0.2, 0.25) is 11.9 Å². The second-order valence-corrected chi connectivity index (χ2v) is 9.53. The van der Waals surface area contributed by atoms with Gasteiger partial charge in [-0.15, -0.1) is 5.10 Å². The average Bonchev–Trinajstić information content (AvgIpc) is 3.60. The summed E-state index contributed by atoms with van der Waals surface area (Å²) in [5, 5.41) is 8.91. The van der Waals surface area contributed by atoms with E-state index in [0.29, 0.717) is 30.6 Å². The number of rotatable bonds is 5. The van der Waals surface area contributed by atoms with Crippen molar-refractivity contribution >= 4 is 44.3 Å². The number of hydrogen-bond donors (Lipinski definition) is 1. The number of methoxy groups -OCH3 is 1.